The van der Waals surface area contributed by atoms with E-state index in [0.717, 1.165) is 11.3 Å². The molecule has 2 unspecified atom stereocenters. The summed E-state index contributed by atoms with van der Waals surface area (Å²) in [6, 6.07) is 7.25. The van der Waals surface area contributed by atoms with Crippen LogP contribution in [0.3, 0.4) is 0 Å². The number of carbonyl (C=O) groups is 1. The van der Waals surface area contributed by atoms with E-state index < -0.39 is 6.10 Å². The maximum atomic E-state index is 11.6. The van der Waals surface area contributed by atoms with Gasteiger partial charge in [0.25, 0.3) is 0 Å². The fraction of sp³-hybridized carbons (Fsp3) is 0.467. The molecule has 0 saturated carbocycles. The summed E-state index contributed by atoms with van der Waals surface area (Å²) >= 11 is 0. The van der Waals surface area contributed by atoms with Gasteiger partial charge in [0, 0.05) is 31.9 Å². The number of aliphatic hydroxyl groups is 1. The molecule has 2 N–H and O–H groups in total. The minimum absolute atomic E-state index is 0.0353. The molecule has 0 heterocycles. The molecule has 0 spiro atoms. The summed E-state index contributed by atoms with van der Waals surface area (Å²) in [6.07, 6.45) is -0.629. The van der Waals surface area contributed by atoms with Crippen molar-refractivity contribution in [2.45, 2.75) is 20.0 Å². The number of hydrogen-bond acceptors (Lipinski definition) is 4. The molecular formula is C15H21N3O2. The second-order valence-corrected chi connectivity index (χ2v) is 4.96. The first-order valence-electron chi connectivity index (χ1n) is 6.55. The Morgan fingerprint density at radius 3 is 2.65 bits per heavy atom. The summed E-state index contributed by atoms with van der Waals surface area (Å²) in [5, 5.41) is 21.4. The molecule has 1 aromatic rings. The van der Waals surface area contributed by atoms with Gasteiger partial charge in [-0.05, 0) is 19.1 Å². The van der Waals surface area contributed by atoms with E-state index in [-0.39, 0.29) is 11.8 Å². The Hall–Kier alpha value is -2.06. The maximum absolute atomic E-state index is 11.6. The van der Waals surface area contributed by atoms with Crippen molar-refractivity contribution in [2.24, 2.45) is 5.92 Å². The third-order valence-electron chi connectivity index (χ3n) is 3.26. The molecule has 0 aliphatic carbocycles. The number of anilines is 1. The molecule has 0 saturated heterocycles. The van der Waals surface area contributed by atoms with Gasteiger partial charge in [-0.25, -0.2) is 0 Å². The lowest BCUT2D eigenvalue weighted by Gasteiger charge is -2.26. The van der Waals surface area contributed by atoms with Crippen LogP contribution in [-0.2, 0) is 4.79 Å². The molecule has 0 bridgehead atoms. The van der Waals surface area contributed by atoms with E-state index in [1.54, 1.807) is 32.2 Å². The second-order valence-electron chi connectivity index (χ2n) is 4.96. The lowest BCUT2D eigenvalue weighted by molar-refractivity contribution is -0.123. The smallest absolute Gasteiger partial charge is 0.224 e. The van der Waals surface area contributed by atoms with Crippen LogP contribution in [0.15, 0.2) is 18.2 Å². The van der Waals surface area contributed by atoms with Crippen LogP contribution in [0.4, 0.5) is 5.69 Å². The van der Waals surface area contributed by atoms with Crippen LogP contribution < -0.4 is 10.2 Å². The number of rotatable bonds is 5. The molecule has 2 atom stereocenters. The summed E-state index contributed by atoms with van der Waals surface area (Å²) in [5.41, 5.74) is 2.05. The molecule has 1 rings (SSSR count). The van der Waals surface area contributed by atoms with Crippen molar-refractivity contribution in [2.75, 3.05) is 25.5 Å². The van der Waals surface area contributed by atoms with Crippen LogP contribution in [0.2, 0.25) is 0 Å². The van der Waals surface area contributed by atoms with Gasteiger partial charge in [0.1, 0.15) is 0 Å². The third-order valence-corrected chi connectivity index (χ3v) is 3.26. The molecule has 5 nitrogen and oxygen atoms in total. The van der Waals surface area contributed by atoms with Gasteiger partial charge >= 0.3 is 0 Å². The van der Waals surface area contributed by atoms with E-state index in [9.17, 15) is 9.90 Å². The molecule has 0 radical (unpaired) electrons. The van der Waals surface area contributed by atoms with Crippen molar-refractivity contribution < 1.29 is 9.90 Å². The van der Waals surface area contributed by atoms with Crippen molar-refractivity contribution in [1.29, 1.82) is 5.26 Å². The monoisotopic (exact) mass is 275 g/mol. The Morgan fingerprint density at radius 2 is 2.15 bits per heavy atom. The van der Waals surface area contributed by atoms with Crippen molar-refractivity contribution in [3.63, 3.8) is 0 Å². The molecule has 20 heavy (non-hydrogen) atoms. The number of hydrogen-bond donors (Lipinski definition) is 2. The fourth-order valence-corrected chi connectivity index (χ4v) is 2.14. The van der Waals surface area contributed by atoms with E-state index in [4.69, 9.17) is 5.26 Å². The molecule has 0 aliphatic heterocycles. The van der Waals surface area contributed by atoms with E-state index >= 15 is 0 Å². The number of carbonyl (C=O) groups excluding carboxylic acids is 1. The number of amides is 1. The Morgan fingerprint density at radius 1 is 1.50 bits per heavy atom. The number of aliphatic hydroxyl groups excluding tert-OH is 1. The molecule has 1 aromatic carbocycles. The van der Waals surface area contributed by atoms with E-state index in [1.807, 2.05) is 18.9 Å². The Balaban J connectivity index is 3.04. The molecule has 5 heteroatoms. The predicted octanol–water partition coefficient (Wildman–Crippen LogP) is 1.43. The summed E-state index contributed by atoms with van der Waals surface area (Å²) in [4.78, 5) is 13.5. The van der Waals surface area contributed by atoms with E-state index in [2.05, 4.69) is 11.4 Å². The largest absolute Gasteiger partial charge is 0.389 e. The van der Waals surface area contributed by atoms with Gasteiger partial charge in [-0.1, -0.05) is 13.0 Å². The molecule has 0 fully saturated rings. The fourth-order valence-electron chi connectivity index (χ4n) is 2.14. The number of nitriles is 1. The van der Waals surface area contributed by atoms with Crippen LogP contribution in [0, 0.1) is 17.2 Å². The summed E-state index contributed by atoms with van der Waals surface area (Å²) in [6.45, 7) is 4.03. The highest BCUT2D eigenvalue weighted by Crippen LogP contribution is 2.27. The van der Waals surface area contributed by atoms with Crippen LogP contribution in [0.1, 0.15) is 31.1 Å². The van der Waals surface area contributed by atoms with Crippen molar-refractivity contribution in [3.8, 4) is 6.07 Å². The number of nitrogens with one attached hydrogen (secondary N) is 1. The minimum Gasteiger partial charge on any atom is -0.389 e. The molecule has 0 aromatic heterocycles. The first-order chi connectivity index (χ1) is 9.40. The van der Waals surface area contributed by atoms with Gasteiger partial charge < -0.3 is 15.3 Å². The zero-order chi connectivity index (χ0) is 15.3. The molecular weight excluding hydrogens is 254 g/mol. The van der Waals surface area contributed by atoms with Crippen LogP contribution in [0.25, 0.3) is 0 Å². The Bertz CT molecular complexity index is 520. The van der Waals surface area contributed by atoms with Gasteiger partial charge in [-0.2, -0.15) is 5.26 Å². The minimum atomic E-state index is -0.629. The average molecular weight is 275 g/mol. The molecule has 1 amide bonds. The highest BCUT2D eigenvalue weighted by atomic mass is 16.3. The summed E-state index contributed by atoms with van der Waals surface area (Å²) in [7, 11) is 3.46. The van der Waals surface area contributed by atoms with Gasteiger partial charge in [0.2, 0.25) is 5.91 Å². The lowest BCUT2D eigenvalue weighted by atomic mass is 10.0. The van der Waals surface area contributed by atoms with Crippen LogP contribution >= 0.6 is 0 Å². The van der Waals surface area contributed by atoms with Gasteiger partial charge in [-0.15, -0.1) is 0 Å². The summed E-state index contributed by atoms with van der Waals surface area (Å²) in [5.74, 6) is -0.218. The molecule has 0 aliphatic rings. The van der Waals surface area contributed by atoms with Gasteiger partial charge in [0.15, 0.2) is 0 Å². The van der Waals surface area contributed by atoms with Crippen molar-refractivity contribution in [3.05, 3.63) is 29.3 Å². The SMILES string of the molecule is CNC(=O)C(C)CN(C)c1cc(C#N)ccc1C(C)O. The number of nitrogens with zero attached hydrogens (tertiary/aromatic N) is 2. The zero-order valence-electron chi connectivity index (χ0n) is 12.3. The van der Waals surface area contributed by atoms with Gasteiger partial charge in [0.05, 0.1) is 23.7 Å². The third kappa shape index (κ3) is 3.72. The average Bonchev–Trinajstić information content (AvgIpc) is 2.45. The Kier molecular flexibility index (Phi) is 5.53. The quantitative estimate of drug-likeness (QED) is 0.852. The van der Waals surface area contributed by atoms with E-state index in [1.165, 1.54) is 0 Å². The standard InChI is InChI=1S/C15H21N3O2/c1-10(15(20)17-3)9-18(4)14-7-12(8-16)5-6-13(14)11(2)19/h5-7,10-11,19H,9H2,1-4H3,(H,17,20). The van der Waals surface area contributed by atoms with Gasteiger partial charge in [-0.3, -0.25) is 4.79 Å². The predicted molar refractivity (Wildman–Crippen MR) is 78.3 cm³/mol. The topological polar surface area (TPSA) is 76.4 Å². The van der Waals surface area contributed by atoms with Crippen molar-refractivity contribution >= 4 is 11.6 Å². The Labute approximate surface area is 119 Å². The first kappa shape index (κ1) is 16.0. The van der Waals surface area contributed by atoms with Crippen LogP contribution in [-0.4, -0.2) is 31.7 Å². The zero-order valence-corrected chi connectivity index (χ0v) is 12.3. The van der Waals surface area contributed by atoms with Crippen LogP contribution in [0.5, 0.6) is 0 Å². The molecule has 108 valence electrons. The van der Waals surface area contributed by atoms with Crippen molar-refractivity contribution in [1.82, 2.24) is 5.32 Å². The second kappa shape index (κ2) is 6.92. The maximum Gasteiger partial charge on any atom is 0.224 e. The number of benzene rings is 1. The lowest BCUT2D eigenvalue weighted by Crippen LogP contribution is -2.34. The highest BCUT2D eigenvalue weighted by Gasteiger charge is 2.17. The highest BCUT2D eigenvalue weighted by molar-refractivity contribution is 5.78. The van der Waals surface area contributed by atoms with E-state index in [0.29, 0.717) is 12.1 Å². The normalized spacial score (nSPS) is 13.2. The first-order valence-corrected chi connectivity index (χ1v) is 6.55. The summed E-state index contributed by atoms with van der Waals surface area (Å²) < 4.78 is 0.